The van der Waals surface area contributed by atoms with Crippen molar-refractivity contribution < 1.29 is 25.3 Å². The number of hydrogen-bond donors (Lipinski definition) is 3. The van der Waals surface area contributed by atoms with Crippen molar-refractivity contribution in [2.45, 2.75) is 44.2 Å². The van der Waals surface area contributed by atoms with Crippen molar-refractivity contribution in [1.29, 1.82) is 0 Å². The molecule has 1 heterocycles. The van der Waals surface area contributed by atoms with Crippen molar-refractivity contribution in [2.24, 2.45) is 21.5 Å². The van der Waals surface area contributed by atoms with Gasteiger partial charge in [0.15, 0.2) is 0 Å². The molecule has 0 fully saturated rings. The molecule has 198 valence electrons. The van der Waals surface area contributed by atoms with Gasteiger partial charge in [-0.1, -0.05) is 35.3 Å². The highest BCUT2D eigenvalue weighted by molar-refractivity contribution is 7.86. The van der Waals surface area contributed by atoms with Crippen LogP contribution in [0.15, 0.2) is 51.3 Å². The Morgan fingerprint density at radius 1 is 1.03 bits per heavy atom. The summed E-state index contributed by atoms with van der Waals surface area (Å²) in [7, 11) is -8.55. The first-order valence-electron chi connectivity index (χ1n) is 10.4. The van der Waals surface area contributed by atoms with E-state index in [2.05, 4.69) is 9.98 Å². The van der Waals surface area contributed by atoms with Crippen LogP contribution in [0.25, 0.3) is 0 Å². The number of halogens is 3. The second-order valence-corrected chi connectivity index (χ2v) is 12.0. The van der Waals surface area contributed by atoms with Crippen molar-refractivity contribution >= 4 is 61.1 Å². The van der Waals surface area contributed by atoms with E-state index in [1.165, 1.54) is 19.1 Å². The molecular weight excluding hydrogens is 556 g/mol. The molecule has 0 aliphatic carbocycles. The Hall–Kier alpha value is -2.45. The molecule has 10 nitrogen and oxygen atoms in total. The molecule has 1 aliphatic heterocycles. The van der Waals surface area contributed by atoms with Crippen LogP contribution in [0.2, 0.25) is 10.0 Å². The van der Waals surface area contributed by atoms with Gasteiger partial charge in [0.1, 0.15) is 10.6 Å². The fourth-order valence-corrected chi connectivity index (χ4v) is 4.62. The van der Waals surface area contributed by atoms with Gasteiger partial charge in [-0.2, -0.15) is 21.8 Å². The number of guanidine groups is 2. The summed E-state index contributed by atoms with van der Waals surface area (Å²) in [5, 5.41) is 0.585. The number of nitrogens with zero attached hydrogens (tertiary/aromatic N) is 3. The average Bonchev–Trinajstić information content (AvgIpc) is 2.71. The lowest BCUT2D eigenvalue weighted by Crippen LogP contribution is -2.54. The van der Waals surface area contributed by atoms with Crippen LogP contribution < -0.4 is 16.4 Å². The molecular formula is C21H26Cl2FN5O5S2. The van der Waals surface area contributed by atoms with Crippen molar-refractivity contribution in [3.8, 4) is 0 Å². The van der Waals surface area contributed by atoms with Crippen molar-refractivity contribution in [3.63, 3.8) is 0 Å². The van der Waals surface area contributed by atoms with Gasteiger partial charge in [-0.15, -0.1) is 3.89 Å². The summed E-state index contributed by atoms with van der Waals surface area (Å²) < 4.78 is 63.4. The second kappa shape index (κ2) is 11.3. The predicted molar refractivity (Wildman–Crippen MR) is 140 cm³/mol. The summed E-state index contributed by atoms with van der Waals surface area (Å²) in [5.41, 5.74) is 12.7. The first-order chi connectivity index (χ1) is 16.4. The fraction of sp³-hybridized carbons (Fsp3) is 0.333. The SMILES string of the molecule is CC1(C)N=C(N)N=C(N)N1c1ccc(CCc2ccc(Cl)cc2S(=O)(=O)F)c(Cl)c1.CCS(=O)(=O)O. The maximum atomic E-state index is 13.6. The molecule has 0 atom stereocenters. The van der Waals surface area contributed by atoms with E-state index in [1.54, 1.807) is 23.1 Å². The quantitative estimate of drug-likeness (QED) is 0.343. The Kier molecular flexibility index (Phi) is 9.35. The molecule has 0 bridgehead atoms. The topological polar surface area (TPSA) is 169 Å². The number of hydrogen-bond acceptors (Lipinski definition) is 9. The third kappa shape index (κ3) is 8.03. The minimum absolute atomic E-state index is 0.0954. The lowest BCUT2D eigenvalue weighted by molar-refractivity contribution is 0.484. The minimum atomic E-state index is -4.89. The van der Waals surface area contributed by atoms with Crippen LogP contribution in [0.3, 0.4) is 0 Å². The average molecular weight is 583 g/mol. The molecule has 15 heteroatoms. The highest BCUT2D eigenvalue weighted by atomic mass is 35.5. The van der Waals surface area contributed by atoms with Gasteiger partial charge in [-0.3, -0.25) is 9.45 Å². The highest BCUT2D eigenvalue weighted by Crippen LogP contribution is 2.32. The molecule has 1 aliphatic rings. The Balaban J connectivity index is 0.000000678. The number of nitrogens with two attached hydrogens (primary N) is 2. The zero-order valence-corrected chi connectivity index (χ0v) is 22.8. The monoisotopic (exact) mass is 581 g/mol. The molecule has 0 saturated carbocycles. The molecule has 0 aromatic heterocycles. The summed E-state index contributed by atoms with van der Waals surface area (Å²) in [4.78, 5) is 9.57. The van der Waals surface area contributed by atoms with Gasteiger partial charge >= 0.3 is 10.2 Å². The Bertz CT molecular complexity index is 1410. The van der Waals surface area contributed by atoms with E-state index in [-0.39, 0.29) is 29.1 Å². The van der Waals surface area contributed by atoms with Gasteiger partial charge in [-0.25, -0.2) is 4.99 Å². The molecule has 3 rings (SSSR count). The summed E-state index contributed by atoms with van der Waals surface area (Å²) in [6, 6.07) is 9.42. The van der Waals surface area contributed by atoms with E-state index in [0.717, 1.165) is 11.6 Å². The Morgan fingerprint density at radius 3 is 2.08 bits per heavy atom. The first kappa shape index (κ1) is 29.8. The van der Waals surface area contributed by atoms with E-state index in [0.29, 0.717) is 22.7 Å². The van der Waals surface area contributed by atoms with Gasteiger partial charge in [0.25, 0.3) is 10.1 Å². The van der Waals surface area contributed by atoms with Crippen LogP contribution in [0, 0.1) is 0 Å². The van der Waals surface area contributed by atoms with E-state index < -0.39 is 30.9 Å². The molecule has 5 N–H and O–H groups in total. The second-order valence-electron chi connectivity index (χ2n) is 8.11. The number of benzene rings is 2. The molecule has 2 aromatic carbocycles. The Labute approximate surface area is 219 Å². The Morgan fingerprint density at radius 2 is 1.58 bits per heavy atom. The molecule has 36 heavy (non-hydrogen) atoms. The van der Waals surface area contributed by atoms with Crippen LogP contribution in [-0.2, 0) is 33.2 Å². The zero-order valence-electron chi connectivity index (χ0n) is 19.6. The van der Waals surface area contributed by atoms with E-state index in [4.69, 9.17) is 39.2 Å². The van der Waals surface area contributed by atoms with Crippen LogP contribution in [0.5, 0.6) is 0 Å². The van der Waals surface area contributed by atoms with Gasteiger partial charge < -0.3 is 11.5 Å². The smallest absolute Gasteiger partial charge is 0.332 e. The lowest BCUT2D eigenvalue weighted by Gasteiger charge is -2.38. The third-order valence-electron chi connectivity index (χ3n) is 5.01. The largest absolute Gasteiger partial charge is 0.369 e. The van der Waals surface area contributed by atoms with Gasteiger partial charge in [0.05, 0.1) is 5.75 Å². The number of aryl methyl sites for hydroxylation is 2. The highest BCUT2D eigenvalue weighted by Gasteiger charge is 2.33. The fourth-order valence-electron chi connectivity index (χ4n) is 3.36. The minimum Gasteiger partial charge on any atom is -0.369 e. The summed E-state index contributed by atoms with van der Waals surface area (Å²) in [6.07, 6.45) is 0.648. The molecule has 0 radical (unpaired) electrons. The van der Waals surface area contributed by atoms with Crippen molar-refractivity contribution in [3.05, 3.63) is 57.6 Å². The summed E-state index contributed by atoms with van der Waals surface area (Å²) in [6.45, 7) is 5.04. The first-order valence-corrected chi connectivity index (χ1v) is 14.2. The van der Waals surface area contributed by atoms with Crippen LogP contribution in [0.4, 0.5) is 9.57 Å². The number of rotatable bonds is 6. The summed E-state index contributed by atoms with van der Waals surface area (Å²) >= 11 is 12.3. The van der Waals surface area contributed by atoms with Crippen molar-refractivity contribution in [1.82, 2.24) is 0 Å². The molecule has 0 saturated heterocycles. The van der Waals surface area contributed by atoms with E-state index >= 15 is 0 Å². The van der Waals surface area contributed by atoms with Crippen LogP contribution in [0.1, 0.15) is 31.9 Å². The number of aliphatic imine (C=N–C) groups is 2. The maximum Gasteiger partial charge on any atom is 0.332 e. The molecule has 0 amide bonds. The van der Waals surface area contributed by atoms with Crippen molar-refractivity contribution in [2.75, 3.05) is 10.7 Å². The van der Waals surface area contributed by atoms with E-state index in [1.807, 2.05) is 13.8 Å². The zero-order chi connectivity index (χ0) is 27.5. The molecule has 2 aromatic rings. The van der Waals surface area contributed by atoms with Gasteiger partial charge in [-0.05, 0) is 69.0 Å². The third-order valence-corrected chi connectivity index (χ3v) is 7.23. The predicted octanol–water partition coefficient (Wildman–Crippen LogP) is 3.52. The van der Waals surface area contributed by atoms with E-state index in [9.17, 15) is 20.7 Å². The van der Waals surface area contributed by atoms with Gasteiger partial charge in [0.2, 0.25) is 11.9 Å². The standard InChI is InChI=1S/C19H20Cl2FN5O2S.C2H6O3S/c1-19(2)26-17(23)25-18(24)27(19)14-8-6-11(15(21)10-14)3-4-12-5-7-13(20)9-16(12)30(22,28)29;1-2-6(3,4)5/h5-10H,3-4H2,1-2H3,(H4,23,24,25,26);2H2,1H3,(H,3,4,5). The molecule has 0 unspecified atom stereocenters. The number of anilines is 1. The van der Waals surface area contributed by atoms with Crippen LogP contribution >= 0.6 is 23.2 Å². The normalized spacial score (nSPS) is 15.5. The van der Waals surface area contributed by atoms with Gasteiger partial charge in [0, 0.05) is 15.7 Å². The summed E-state index contributed by atoms with van der Waals surface area (Å²) in [5.74, 6) is 0.0841. The van der Waals surface area contributed by atoms with Crippen LogP contribution in [-0.4, -0.2) is 44.7 Å². The maximum absolute atomic E-state index is 13.6. The lowest BCUT2D eigenvalue weighted by atomic mass is 10.0. The molecule has 0 spiro atoms.